The third-order valence-corrected chi connectivity index (χ3v) is 4.54. The third-order valence-electron chi connectivity index (χ3n) is 4.54. The summed E-state index contributed by atoms with van der Waals surface area (Å²) in [6.45, 7) is 0.736. The number of benzene rings is 2. The van der Waals surface area contributed by atoms with Crippen molar-refractivity contribution in [2.24, 2.45) is 5.92 Å². The van der Waals surface area contributed by atoms with Crippen LogP contribution in [-0.2, 0) is 4.79 Å². The number of carbonyl (C=O) groups excluding carboxylic acids is 1. The standard InChI is InChI=1S/C21H23NO3/c1-24-18-12-10-16(11-13-18)6-5-7-17-14-15-22(21(17)23)19-8-3-4-9-20(19)25-2/h3-6,8-13,17H,7,14-15H2,1-2H3/b6-5+. The molecule has 25 heavy (non-hydrogen) atoms. The van der Waals surface area contributed by atoms with Crippen molar-refractivity contribution in [1.29, 1.82) is 0 Å². The van der Waals surface area contributed by atoms with Gasteiger partial charge in [0.05, 0.1) is 19.9 Å². The van der Waals surface area contributed by atoms with E-state index in [0.717, 1.165) is 42.1 Å². The van der Waals surface area contributed by atoms with E-state index in [2.05, 4.69) is 12.2 Å². The lowest BCUT2D eigenvalue weighted by atomic mass is 10.0. The molecule has 2 aromatic rings. The summed E-state index contributed by atoms with van der Waals surface area (Å²) >= 11 is 0. The van der Waals surface area contributed by atoms with E-state index in [-0.39, 0.29) is 11.8 Å². The molecule has 0 bridgehead atoms. The van der Waals surface area contributed by atoms with Gasteiger partial charge >= 0.3 is 0 Å². The second-order valence-electron chi connectivity index (χ2n) is 6.06. The molecule has 4 heteroatoms. The number of amides is 1. The van der Waals surface area contributed by atoms with Gasteiger partial charge in [0.25, 0.3) is 0 Å². The third kappa shape index (κ3) is 3.85. The van der Waals surface area contributed by atoms with Crippen molar-refractivity contribution in [2.75, 3.05) is 25.7 Å². The molecule has 3 rings (SSSR count). The molecule has 0 aliphatic carbocycles. The van der Waals surface area contributed by atoms with Crippen molar-refractivity contribution in [2.45, 2.75) is 12.8 Å². The van der Waals surface area contributed by atoms with Crippen LogP contribution in [0, 0.1) is 5.92 Å². The van der Waals surface area contributed by atoms with Gasteiger partial charge in [-0.25, -0.2) is 0 Å². The molecule has 0 saturated carbocycles. The van der Waals surface area contributed by atoms with Crippen LogP contribution in [0.1, 0.15) is 18.4 Å². The first-order valence-electron chi connectivity index (χ1n) is 8.48. The smallest absolute Gasteiger partial charge is 0.230 e. The van der Waals surface area contributed by atoms with Crippen molar-refractivity contribution in [3.63, 3.8) is 0 Å². The minimum Gasteiger partial charge on any atom is -0.497 e. The first kappa shape index (κ1) is 17.1. The molecular weight excluding hydrogens is 314 g/mol. The Morgan fingerprint density at radius 2 is 1.84 bits per heavy atom. The van der Waals surface area contributed by atoms with Gasteiger partial charge in [0.1, 0.15) is 11.5 Å². The minimum atomic E-state index is 0.0272. The lowest BCUT2D eigenvalue weighted by Gasteiger charge is -2.19. The number of methoxy groups -OCH3 is 2. The number of ether oxygens (including phenoxy) is 2. The van der Waals surface area contributed by atoms with Crippen LogP contribution in [0.25, 0.3) is 6.08 Å². The van der Waals surface area contributed by atoms with Gasteiger partial charge in [-0.2, -0.15) is 0 Å². The van der Waals surface area contributed by atoms with Gasteiger partial charge < -0.3 is 14.4 Å². The summed E-state index contributed by atoms with van der Waals surface area (Å²) < 4.78 is 10.5. The second kappa shape index (κ2) is 7.88. The largest absolute Gasteiger partial charge is 0.497 e. The van der Waals surface area contributed by atoms with Gasteiger partial charge in [0.2, 0.25) is 5.91 Å². The summed E-state index contributed by atoms with van der Waals surface area (Å²) in [7, 11) is 3.29. The predicted octanol–water partition coefficient (Wildman–Crippen LogP) is 4.16. The maximum atomic E-state index is 12.7. The fourth-order valence-corrected chi connectivity index (χ4v) is 3.13. The molecule has 1 amide bonds. The molecule has 1 aliphatic heterocycles. The molecule has 1 atom stereocenters. The molecular formula is C21H23NO3. The highest BCUT2D eigenvalue weighted by atomic mass is 16.5. The highest BCUT2D eigenvalue weighted by Gasteiger charge is 2.32. The fraction of sp³-hybridized carbons (Fsp3) is 0.286. The molecule has 1 unspecified atom stereocenters. The predicted molar refractivity (Wildman–Crippen MR) is 100 cm³/mol. The van der Waals surface area contributed by atoms with Gasteiger partial charge in [-0.15, -0.1) is 0 Å². The molecule has 1 saturated heterocycles. The highest BCUT2D eigenvalue weighted by molar-refractivity contribution is 5.98. The Kier molecular flexibility index (Phi) is 5.39. The van der Waals surface area contributed by atoms with Crippen LogP contribution in [0.4, 0.5) is 5.69 Å². The molecule has 1 heterocycles. The maximum absolute atomic E-state index is 12.7. The molecule has 130 valence electrons. The Morgan fingerprint density at radius 3 is 2.56 bits per heavy atom. The van der Waals surface area contributed by atoms with Crippen molar-refractivity contribution in [1.82, 2.24) is 0 Å². The van der Waals surface area contributed by atoms with Gasteiger partial charge in [0.15, 0.2) is 0 Å². The SMILES string of the molecule is COc1ccc(/C=C/CC2CCN(c3ccccc3OC)C2=O)cc1. The Balaban J connectivity index is 1.63. The van der Waals surface area contributed by atoms with Crippen LogP contribution in [0.3, 0.4) is 0 Å². The van der Waals surface area contributed by atoms with Crippen LogP contribution in [0.5, 0.6) is 11.5 Å². The number of hydrogen-bond donors (Lipinski definition) is 0. The summed E-state index contributed by atoms with van der Waals surface area (Å²) in [5.74, 6) is 1.78. The van der Waals surface area contributed by atoms with E-state index in [0.29, 0.717) is 0 Å². The summed E-state index contributed by atoms with van der Waals surface area (Å²) in [5.41, 5.74) is 1.96. The number of allylic oxidation sites excluding steroid dienone is 1. The average molecular weight is 337 g/mol. The normalized spacial score (nSPS) is 17.3. The van der Waals surface area contributed by atoms with E-state index in [1.54, 1.807) is 14.2 Å². The molecule has 0 radical (unpaired) electrons. The van der Waals surface area contributed by atoms with E-state index in [9.17, 15) is 4.79 Å². The molecule has 0 spiro atoms. The van der Waals surface area contributed by atoms with Crippen LogP contribution in [-0.4, -0.2) is 26.7 Å². The zero-order chi connectivity index (χ0) is 17.6. The minimum absolute atomic E-state index is 0.0272. The zero-order valence-electron chi connectivity index (χ0n) is 14.6. The summed E-state index contributed by atoms with van der Waals surface area (Å²) in [6, 6.07) is 15.6. The molecule has 0 N–H and O–H groups in total. The average Bonchev–Trinajstić information content (AvgIpc) is 3.03. The summed E-state index contributed by atoms with van der Waals surface area (Å²) in [5, 5.41) is 0. The maximum Gasteiger partial charge on any atom is 0.230 e. The second-order valence-corrected chi connectivity index (χ2v) is 6.06. The molecule has 0 aromatic heterocycles. The van der Waals surface area contributed by atoms with E-state index in [1.165, 1.54) is 0 Å². The first-order valence-corrected chi connectivity index (χ1v) is 8.48. The van der Waals surface area contributed by atoms with Crippen LogP contribution in [0.2, 0.25) is 0 Å². The summed E-state index contributed by atoms with van der Waals surface area (Å²) in [4.78, 5) is 14.6. The van der Waals surface area contributed by atoms with Crippen LogP contribution >= 0.6 is 0 Å². The Morgan fingerprint density at radius 1 is 1.08 bits per heavy atom. The first-order chi connectivity index (χ1) is 12.2. The topological polar surface area (TPSA) is 38.8 Å². The van der Waals surface area contributed by atoms with Crippen molar-refractivity contribution >= 4 is 17.7 Å². The number of nitrogens with zero attached hydrogens (tertiary/aromatic N) is 1. The van der Waals surface area contributed by atoms with E-state index >= 15 is 0 Å². The lowest BCUT2D eigenvalue weighted by molar-refractivity contribution is -0.120. The Bertz CT molecular complexity index is 752. The molecule has 4 nitrogen and oxygen atoms in total. The van der Waals surface area contributed by atoms with E-state index < -0.39 is 0 Å². The van der Waals surface area contributed by atoms with E-state index in [1.807, 2.05) is 53.4 Å². The summed E-state index contributed by atoms with van der Waals surface area (Å²) in [6.07, 6.45) is 5.74. The number of hydrogen-bond acceptors (Lipinski definition) is 3. The van der Waals surface area contributed by atoms with Gasteiger partial charge in [-0.05, 0) is 42.7 Å². The van der Waals surface area contributed by atoms with Gasteiger partial charge in [-0.3, -0.25) is 4.79 Å². The van der Waals surface area contributed by atoms with Gasteiger partial charge in [0, 0.05) is 12.5 Å². The van der Waals surface area contributed by atoms with E-state index in [4.69, 9.17) is 9.47 Å². The molecule has 1 fully saturated rings. The lowest BCUT2D eigenvalue weighted by Crippen LogP contribution is -2.27. The van der Waals surface area contributed by atoms with Crippen molar-refractivity contribution in [3.05, 3.63) is 60.2 Å². The quantitative estimate of drug-likeness (QED) is 0.794. The molecule has 1 aliphatic rings. The number of rotatable bonds is 6. The highest BCUT2D eigenvalue weighted by Crippen LogP contribution is 2.33. The van der Waals surface area contributed by atoms with Crippen molar-refractivity contribution in [3.8, 4) is 11.5 Å². The van der Waals surface area contributed by atoms with Crippen LogP contribution in [0.15, 0.2) is 54.6 Å². The molecule has 2 aromatic carbocycles. The Hall–Kier alpha value is -2.75. The Labute approximate surface area is 148 Å². The van der Waals surface area contributed by atoms with Crippen molar-refractivity contribution < 1.29 is 14.3 Å². The fourth-order valence-electron chi connectivity index (χ4n) is 3.13. The zero-order valence-corrected chi connectivity index (χ0v) is 14.6. The van der Waals surface area contributed by atoms with Gasteiger partial charge in [-0.1, -0.05) is 36.4 Å². The number of para-hydroxylation sites is 2. The number of anilines is 1. The monoisotopic (exact) mass is 337 g/mol. The van der Waals surface area contributed by atoms with Crippen LogP contribution < -0.4 is 14.4 Å². The number of carbonyl (C=O) groups is 1.